The van der Waals surface area contributed by atoms with E-state index >= 15 is 0 Å². The molecule has 19 heavy (non-hydrogen) atoms. The molecule has 0 aliphatic rings. The molecule has 99 valence electrons. The normalized spacial score (nSPS) is 10.5. The Bertz CT molecular complexity index is 530. The molecule has 5 heteroatoms. The van der Waals surface area contributed by atoms with Crippen molar-refractivity contribution in [3.05, 3.63) is 30.2 Å². The van der Waals surface area contributed by atoms with E-state index in [1.807, 2.05) is 18.2 Å². The Kier molecular flexibility index (Phi) is 4.66. The predicted molar refractivity (Wildman–Crippen MR) is 70.5 cm³/mol. The van der Waals surface area contributed by atoms with Crippen molar-refractivity contribution in [1.29, 1.82) is 0 Å². The second-order valence-corrected chi connectivity index (χ2v) is 4.25. The highest BCUT2D eigenvalue weighted by atomic mass is 16.4. The summed E-state index contributed by atoms with van der Waals surface area (Å²) in [6.07, 6.45) is 4.51. The van der Waals surface area contributed by atoms with Gasteiger partial charge in [0.05, 0.1) is 0 Å². The number of nitrogens with zero attached hydrogens (tertiary/aromatic N) is 1. The Morgan fingerprint density at radius 3 is 2.89 bits per heavy atom. The van der Waals surface area contributed by atoms with Crippen molar-refractivity contribution in [3.8, 4) is 0 Å². The van der Waals surface area contributed by atoms with E-state index in [1.165, 1.54) is 0 Å². The van der Waals surface area contributed by atoms with Gasteiger partial charge < -0.3 is 9.73 Å². The standard InChI is InChI=1S/C14H15N2O3/c17-10-15-9-5-1-2-7-12(18)14-16-11-6-3-4-8-13(11)19-14/h3-4,6,8H,1-2,5,7,9H2,(H,15,17). The number of benzene rings is 1. The Balaban J connectivity index is 1.81. The fraction of sp³-hybridized carbons (Fsp3) is 0.357. The van der Waals surface area contributed by atoms with Crippen LogP contribution in [0.1, 0.15) is 36.4 Å². The van der Waals surface area contributed by atoms with Gasteiger partial charge in [0.1, 0.15) is 5.52 Å². The molecule has 2 aromatic rings. The summed E-state index contributed by atoms with van der Waals surface area (Å²) in [5.41, 5.74) is 1.34. The molecule has 0 spiro atoms. The number of unbranched alkanes of at least 4 members (excludes halogenated alkanes) is 2. The number of hydrogen-bond acceptors (Lipinski definition) is 4. The zero-order valence-electron chi connectivity index (χ0n) is 10.5. The second kappa shape index (κ2) is 6.68. The molecule has 1 radical (unpaired) electrons. The van der Waals surface area contributed by atoms with Crippen molar-refractivity contribution >= 4 is 23.3 Å². The SMILES string of the molecule is O=[C]NCCCCCC(=O)c1nc2ccccc2o1. The van der Waals surface area contributed by atoms with Gasteiger partial charge >= 0.3 is 6.41 Å². The van der Waals surface area contributed by atoms with E-state index in [0.29, 0.717) is 24.1 Å². The van der Waals surface area contributed by atoms with E-state index in [0.717, 1.165) is 19.3 Å². The number of aromatic nitrogens is 1. The molecule has 0 atom stereocenters. The van der Waals surface area contributed by atoms with Crippen LogP contribution in [0.2, 0.25) is 0 Å². The van der Waals surface area contributed by atoms with Crippen molar-refractivity contribution in [2.45, 2.75) is 25.7 Å². The average Bonchev–Trinajstić information content (AvgIpc) is 2.86. The maximum absolute atomic E-state index is 11.9. The lowest BCUT2D eigenvalue weighted by Gasteiger charge is -1.98. The minimum atomic E-state index is -0.0777. The third-order valence-electron chi connectivity index (χ3n) is 2.81. The Labute approximate surface area is 111 Å². The molecule has 0 aliphatic carbocycles. The number of para-hydroxylation sites is 2. The maximum atomic E-state index is 11.9. The zero-order chi connectivity index (χ0) is 13.5. The Morgan fingerprint density at radius 2 is 2.11 bits per heavy atom. The predicted octanol–water partition coefficient (Wildman–Crippen LogP) is 2.23. The van der Waals surface area contributed by atoms with Crippen LogP contribution in [0.25, 0.3) is 11.1 Å². The van der Waals surface area contributed by atoms with Gasteiger partial charge in [0.2, 0.25) is 5.78 Å². The first-order valence-electron chi connectivity index (χ1n) is 6.30. The summed E-state index contributed by atoms with van der Waals surface area (Å²) in [7, 11) is 0. The van der Waals surface area contributed by atoms with E-state index in [2.05, 4.69) is 10.3 Å². The number of rotatable bonds is 8. The van der Waals surface area contributed by atoms with Gasteiger partial charge in [-0.25, -0.2) is 4.98 Å². The van der Waals surface area contributed by atoms with Gasteiger partial charge in [-0.15, -0.1) is 0 Å². The third kappa shape index (κ3) is 3.64. The summed E-state index contributed by atoms with van der Waals surface area (Å²) in [5.74, 6) is 0.103. The number of hydrogen-bond donors (Lipinski definition) is 1. The van der Waals surface area contributed by atoms with Gasteiger partial charge in [-0.1, -0.05) is 18.6 Å². The number of Topliss-reactive ketones (excluding diaryl/α,β-unsaturated/α-hetero) is 1. The van der Waals surface area contributed by atoms with Crippen LogP contribution in [0.15, 0.2) is 28.7 Å². The minimum absolute atomic E-state index is 0.0777. The van der Waals surface area contributed by atoms with Crippen molar-refractivity contribution < 1.29 is 14.0 Å². The molecule has 0 saturated heterocycles. The molecule has 1 amide bonds. The molecule has 0 aliphatic heterocycles. The van der Waals surface area contributed by atoms with Crippen molar-refractivity contribution in [2.75, 3.05) is 6.54 Å². The summed E-state index contributed by atoms with van der Waals surface area (Å²) in [6, 6.07) is 7.31. The first-order chi connectivity index (χ1) is 9.31. The quantitative estimate of drug-likeness (QED) is 0.448. The largest absolute Gasteiger partial charge is 0.434 e. The number of carbonyl (C=O) groups excluding carboxylic acids is 2. The Morgan fingerprint density at radius 1 is 1.26 bits per heavy atom. The Hall–Kier alpha value is -2.17. The molecule has 0 fully saturated rings. The van der Waals surface area contributed by atoms with Gasteiger partial charge in [0, 0.05) is 13.0 Å². The highest BCUT2D eigenvalue weighted by Gasteiger charge is 2.13. The number of oxazole rings is 1. The highest BCUT2D eigenvalue weighted by molar-refractivity contribution is 5.94. The van der Waals surface area contributed by atoms with Gasteiger partial charge in [-0.05, 0) is 25.0 Å². The fourth-order valence-corrected chi connectivity index (χ4v) is 1.83. The molecular weight excluding hydrogens is 244 g/mol. The number of amides is 1. The first-order valence-corrected chi connectivity index (χ1v) is 6.30. The van der Waals surface area contributed by atoms with E-state index < -0.39 is 0 Å². The third-order valence-corrected chi connectivity index (χ3v) is 2.81. The van der Waals surface area contributed by atoms with Crippen LogP contribution in [-0.2, 0) is 4.79 Å². The van der Waals surface area contributed by atoms with Crippen LogP contribution in [0.5, 0.6) is 0 Å². The molecule has 0 bridgehead atoms. The lowest BCUT2D eigenvalue weighted by molar-refractivity contribution is 0.0947. The van der Waals surface area contributed by atoms with E-state index in [9.17, 15) is 9.59 Å². The molecule has 1 aromatic carbocycles. The zero-order valence-corrected chi connectivity index (χ0v) is 10.5. The number of fused-ring (bicyclic) bond motifs is 1. The summed E-state index contributed by atoms with van der Waals surface area (Å²) >= 11 is 0. The summed E-state index contributed by atoms with van der Waals surface area (Å²) in [6.45, 7) is 0.598. The van der Waals surface area contributed by atoms with E-state index in [-0.39, 0.29) is 11.7 Å². The minimum Gasteiger partial charge on any atom is -0.434 e. The van der Waals surface area contributed by atoms with Gasteiger partial charge in [-0.2, -0.15) is 0 Å². The average molecular weight is 259 g/mol. The number of nitrogens with one attached hydrogen (secondary N) is 1. The molecule has 0 unspecified atom stereocenters. The van der Waals surface area contributed by atoms with Crippen LogP contribution in [0.4, 0.5) is 0 Å². The summed E-state index contributed by atoms with van der Waals surface area (Å²) < 4.78 is 5.40. The lowest BCUT2D eigenvalue weighted by Crippen LogP contribution is -2.11. The van der Waals surface area contributed by atoms with Crippen molar-refractivity contribution in [1.82, 2.24) is 10.3 Å². The molecular formula is C14H15N2O3. The van der Waals surface area contributed by atoms with Crippen LogP contribution in [0, 0.1) is 0 Å². The smallest absolute Gasteiger partial charge is 0.309 e. The van der Waals surface area contributed by atoms with Crippen molar-refractivity contribution in [2.24, 2.45) is 0 Å². The maximum Gasteiger partial charge on any atom is 0.309 e. The number of ketones is 1. The molecule has 1 N–H and O–H groups in total. The van der Waals surface area contributed by atoms with E-state index in [1.54, 1.807) is 12.5 Å². The first kappa shape index (κ1) is 13.3. The monoisotopic (exact) mass is 259 g/mol. The lowest BCUT2D eigenvalue weighted by atomic mass is 10.1. The second-order valence-electron chi connectivity index (χ2n) is 4.25. The highest BCUT2D eigenvalue weighted by Crippen LogP contribution is 2.16. The molecule has 1 heterocycles. The van der Waals surface area contributed by atoms with Crippen LogP contribution >= 0.6 is 0 Å². The number of carbonyl (C=O) groups is 1. The summed E-state index contributed by atoms with van der Waals surface area (Å²) in [4.78, 5) is 25.9. The fourth-order valence-electron chi connectivity index (χ4n) is 1.83. The van der Waals surface area contributed by atoms with Crippen molar-refractivity contribution in [3.63, 3.8) is 0 Å². The van der Waals surface area contributed by atoms with E-state index in [4.69, 9.17) is 4.42 Å². The molecule has 5 nitrogen and oxygen atoms in total. The molecule has 1 aromatic heterocycles. The molecule has 0 saturated carbocycles. The van der Waals surface area contributed by atoms with Gasteiger partial charge in [0.15, 0.2) is 5.58 Å². The topological polar surface area (TPSA) is 72.2 Å². The van der Waals surface area contributed by atoms with Gasteiger partial charge in [-0.3, -0.25) is 9.59 Å². The van der Waals surface area contributed by atoms with Gasteiger partial charge in [0.25, 0.3) is 5.89 Å². The molecule has 2 rings (SSSR count). The summed E-state index contributed by atoms with van der Waals surface area (Å²) in [5, 5.41) is 2.46. The van der Waals surface area contributed by atoms with Crippen LogP contribution in [-0.4, -0.2) is 23.7 Å². The van der Waals surface area contributed by atoms with Crippen LogP contribution in [0.3, 0.4) is 0 Å². The van der Waals surface area contributed by atoms with Crippen LogP contribution < -0.4 is 5.32 Å².